The first-order valence-corrected chi connectivity index (χ1v) is 8.63. The van der Waals surface area contributed by atoms with Crippen molar-refractivity contribution in [3.63, 3.8) is 0 Å². The van der Waals surface area contributed by atoms with Gasteiger partial charge in [0.15, 0.2) is 0 Å². The van der Waals surface area contributed by atoms with Gasteiger partial charge in [0.25, 0.3) is 0 Å². The van der Waals surface area contributed by atoms with Crippen molar-refractivity contribution in [2.75, 3.05) is 13.1 Å². The van der Waals surface area contributed by atoms with E-state index in [1.165, 1.54) is 18.6 Å². The van der Waals surface area contributed by atoms with Crippen LogP contribution in [0.1, 0.15) is 24.4 Å². The van der Waals surface area contributed by atoms with Crippen LogP contribution in [0.4, 0.5) is 0 Å². The Morgan fingerprint density at radius 1 is 1.19 bits per heavy atom. The van der Waals surface area contributed by atoms with Gasteiger partial charge in [-0.05, 0) is 63.9 Å². The molecule has 2 unspecified atom stereocenters. The molecule has 0 amide bonds. The van der Waals surface area contributed by atoms with Gasteiger partial charge >= 0.3 is 0 Å². The van der Waals surface area contributed by atoms with Gasteiger partial charge in [0.1, 0.15) is 16.0 Å². The third-order valence-corrected chi connectivity index (χ3v) is 6.18. The molecule has 1 aromatic rings. The normalized spacial score (nSPS) is 33.5. The first kappa shape index (κ1) is 13.8. The van der Waals surface area contributed by atoms with Crippen molar-refractivity contribution < 1.29 is 10.2 Å². The number of nitrogens with zero attached hydrogens (tertiary/aromatic N) is 2. The van der Waals surface area contributed by atoms with Gasteiger partial charge < -0.3 is 15.6 Å². The summed E-state index contributed by atoms with van der Waals surface area (Å²) in [4.78, 5) is 2.44. The van der Waals surface area contributed by atoms with E-state index in [2.05, 4.69) is 47.3 Å². The fourth-order valence-electron chi connectivity index (χ4n) is 3.75. The summed E-state index contributed by atoms with van der Waals surface area (Å²) in [6, 6.07) is 1.91. The lowest BCUT2D eigenvalue weighted by atomic mass is 9.78. The summed E-state index contributed by atoms with van der Waals surface area (Å²) in [6.45, 7) is 2.18. The molecule has 3 saturated heterocycles. The van der Waals surface area contributed by atoms with Crippen LogP contribution >= 0.6 is 31.9 Å². The Balaban J connectivity index is 1.76. The minimum absolute atomic E-state index is 0.0147. The van der Waals surface area contributed by atoms with Crippen LogP contribution in [0.15, 0.2) is 20.1 Å². The Bertz CT molecular complexity index is 642. The SMILES string of the molecule is Oc1c(Br)cc(C2NN=C3C4CCN(CC4)C32)c(O)c1Br. The second kappa shape index (κ2) is 4.86. The highest BCUT2D eigenvalue weighted by Gasteiger charge is 2.47. The Kier molecular flexibility index (Phi) is 3.20. The average molecular weight is 417 g/mol. The van der Waals surface area contributed by atoms with Crippen molar-refractivity contribution >= 4 is 37.6 Å². The van der Waals surface area contributed by atoms with Crippen LogP contribution < -0.4 is 5.43 Å². The number of benzene rings is 1. The molecule has 4 aliphatic heterocycles. The minimum atomic E-state index is -0.0729. The van der Waals surface area contributed by atoms with Gasteiger partial charge in [-0.3, -0.25) is 4.90 Å². The topological polar surface area (TPSA) is 68.1 Å². The van der Waals surface area contributed by atoms with Crippen LogP contribution in [0.5, 0.6) is 11.5 Å². The number of hydrazone groups is 1. The number of hydrogen-bond acceptors (Lipinski definition) is 5. The highest BCUT2D eigenvalue weighted by Crippen LogP contribution is 2.47. The zero-order chi connectivity index (χ0) is 14.7. The molecule has 0 aromatic heterocycles. The molecule has 7 heteroatoms. The highest BCUT2D eigenvalue weighted by atomic mass is 79.9. The van der Waals surface area contributed by atoms with E-state index < -0.39 is 0 Å². The lowest BCUT2D eigenvalue weighted by Crippen LogP contribution is -2.56. The molecule has 0 saturated carbocycles. The van der Waals surface area contributed by atoms with E-state index in [1.54, 1.807) is 6.07 Å². The molecular weight excluding hydrogens is 402 g/mol. The molecule has 4 aliphatic rings. The summed E-state index contributed by atoms with van der Waals surface area (Å²) in [5.41, 5.74) is 5.17. The average Bonchev–Trinajstić information content (AvgIpc) is 2.97. The lowest BCUT2D eigenvalue weighted by Gasteiger charge is -2.45. The maximum Gasteiger partial charge on any atom is 0.147 e. The Morgan fingerprint density at radius 2 is 1.90 bits per heavy atom. The largest absolute Gasteiger partial charge is 0.506 e. The van der Waals surface area contributed by atoms with E-state index in [4.69, 9.17) is 0 Å². The van der Waals surface area contributed by atoms with Crippen molar-refractivity contribution in [3.05, 3.63) is 20.6 Å². The van der Waals surface area contributed by atoms with E-state index in [9.17, 15) is 10.2 Å². The fraction of sp³-hybridized carbons (Fsp3) is 0.500. The van der Waals surface area contributed by atoms with Crippen molar-refractivity contribution in [1.82, 2.24) is 10.3 Å². The lowest BCUT2D eigenvalue weighted by molar-refractivity contribution is 0.133. The Hall–Kier alpha value is -0.790. The number of hydrogen-bond donors (Lipinski definition) is 3. The van der Waals surface area contributed by atoms with E-state index in [-0.39, 0.29) is 23.6 Å². The fourth-order valence-corrected chi connectivity index (χ4v) is 4.90. The van der Waals surface area contributed by atoms with Gasteiger partial charge in [0.05, 0.1) is 22.3 Å². The van der Waals surface area contributed by atoms with Gasteiger partial charge in [-0.15, -0.1) is 0 Å². The summed E-state index contributed by atoms with van der Waals surface area (Å²) >= 11 is 6.59. The number of halogens is 2. The van der Waals surface area contributed by atoms with Gasteiger partial charge in [-0.2, -0.15) is 5.10 Å². The summed E-state index contributed by atoms with van der Waals surface area (Å²) in [5.74, 6) is 0.664. The van der Waals surface area contributed by atoms with Crippen LogP contribution in [-0.2, 0) is 0 Å². The molecule has 5 nitrogen and oxygen atoms in total. The van der Waals surface area contributed by atoms with E-state index in [0.29, 0.717) is 14.9 Å². The van der Waals surface area contributed by atoms with E-state index in [1.807, 2.05) is 0 Å². The summed E-state index contributed by atoms with van der Waals surface area (Å²) < 4.78 is 0.881. The zero-order valence-corrected chi connectivity index (χ0v) is 14.4. The van der Waals surface area contributed by atoms with E-state index in [0.717, 1.165) is 18.7 Å². The smallest absolute Gasteiger partial charge is 0.147 e. The number of aromatic hydroxyl groups is 2. The van der Waals surface area contributed by atoms with Gasteiger partial charge in [0, 0.05) is 11.5 Å². The maximum atomic E-state index is 10.4. The summed E-state index contributed by atoms with van der Waals surface area (Å²) in [6.07, 6.45) is 2.36. The van der Waals surface area contributed by atoms with Crippen LogP contribution in [0.25, 0.3) is 0 Å². The number of rotatable bonds is 1. The molecule has 112 valence electrons. The first-order chi connectivity index (χ1) is 10.1. The summed E-state index contributed by atoms with van der Waals surface area (Å²) in [5, 5.41) is 24.8. The predicted molar refractivity (Wildman–Crippen MR) is 86.6 cm³/mol. The highest BCUT2D eigenvalue weighted by molar-refractivity contribution is 9.11. The molecule has 3 N–H and O–H groups in total. The third-order valence-electron chi connectivity index (χ3n) is 4.83. The Labute approximate surface area is 139 Å². The van der Waals surface area contributed by atoms with Crippen LogP contribution in [0.3, 0.4) is 0 Å². The second-order valence-electron chi connectivity index (χ2n) is 5.86. The third kappa shape index (κ3) is 1.94. The number of fused-ring (bicyclic) bond motifs is 2. The molecule has 2 atom stereocenters. The number of nitrogens with one attached hydrogen (secondary N) is 1. The summed E-state index contributed by atoms with van der Waals surface area (Å²) in [7, 11) is 0. The van der Waals surface area contributed by atoms with Gasteiger partial charge in [-0.25, -0.2) is 0 Å². The molecule has 5 rings (SSSR count). The maximum absolute atomic E-state index is 10.4. The van der Waals surface area contributed by atoms with E-state index >= 15 is 0 Å². The van der Waals surface area contributed by atoms with Crippen molar-refractivity contribution in [2.24, 2.45) is 11.0 Å². The van der Waals surface area contributed by atoms with Crippen LogP contribution in [0, 0.1) is 5.92 Å². The van der Waals surface area contributed by atoms with Crippen LogP contribution in [0.2, 0.25) is 0 Å². The molecule has 4 heterocycles. The molecule has 1 aromatic carbocycles. The minimum Gasteiger partial charge on any atom is -0.506 e. The standard InChI is InChI=1S/C14H15Br2N3O2/c15-8-5-7(13(20)9(16)14(8)21)11-12-10(17-18-11)6-1-3-19(12)4-2-6/h5-6,11-12,18,20-21H,1-4H2. The quantitative estimate of drug-likeness (QED) is 0.658. The predicted octanol–water partition coefficient (Wildman–Crippen LogP) is 2.72. The zero-order valence-electron chi connectivity index (χ0n) is 11.2. The van der Waals surface area contributed by atoms with Crippen LogP contribution in [-0.4, -0.2) is 40.0 Å². The number of piperidine rings is 3. The monoisotopic (exact) mass is 415 g/mol. The molecular formula is C14H15Br2N3O2. The molecule has 21 heavy (non-hydrogen) atoms. The van der Waals surface area contributed by atoms with Gasteiger partial charge in [-0.1, -0.05) is 0 Å². The molecule has 0 radical (unpaired) electrons. The van der Waals surface area contributed by atoms with Crippen molar-refractivity contribution in [2.45, 2.75) is 24.9 Å². The number of phenols is 2. The Morgan fingerprint density at radius 3 is 2.62 bits per heavy atom. The number of phenolic OH excluding ortho intramolecular Hbond substituents is 2. The molecule has 0 aliphatic carbocycles. The first-order valence-electron chi connectivity index (χ1n) is 7.04. The molecule has 3 fully saturated rings. The second-order valence-corrected chi connectivity index (χ2v) is 7.50. The van der Waals surface area contributed by atoms with Crippen molar-refractivity contribution in [3.8, 4) is 11.5 Å². The molecule has 0 spiro atoms. The van der Waals surface area contributed by atoms with Gasteiger partial charge in [0.2, 0.25) is 0 Å². The van der Waals surface area contributed by atoms with Crippen molar-refractivity contribution in [1.29, 1.82) is 0 Å². The molecule has 2 bridgehead atoms.